The minimum absolute atomic E-state index is 0.0120. The Balaban J connectivity index is 1.56. The highest BCUT2D eigenvalue weighted by Crippen LogP contribution is 2.24. The summed E-state index contributed by atoms with van der Waals surface area (Å²) in [7, 11) is 3.92. The SMILES string of the molecule is CN(C)CCNC(=O)C1CCCN(C(=O)c2cnn(-c3ccc(F)cc3)c2-n2cccc2)C1. The molecule has 3 heterocycles. The van der Waals surface area contributed by atoms with Gasteiger partial charge in [0.2, 0.25) is 5.91 Å². The van der Waals surface area contributed by atoms with Crippen LogP contribution in [-0.4, -0.2) is 76.2 Å². The van der Waals surface area contributed by atoms with Crippen molar-refractivity contribution in [3.05, 3.63) is 66.4 Å². The topological polar surface area (TPSA) is 75.4 Å². The van der Waals surface area contributed by atoms with E-state index in [0.717, 1.165) is 19.4 Å². The molecule has 33 heavy (non-hydrogen) atoms. The molecule has 1 N–H and O–H groups in total. The molecule has 2 amide bonds. The number of hydrogen-bond acceptors (Lipinski definition) is 4. The zero-order chi connectivity index (χ0) is 23.4. The van der Waals surface area contributed by atoms with Gasteiger partial charge in [0.15, 0.2) is 5.82 Å². The molecule has 9 heteroatoms. The van der Waals surface area contributed by atoms with Crippen LogP contribution in [0.15, 0.2) is 55.0 Å². The fraction of sp³-hybridized carbons (Fsp3) is 0.375. The van der Waals surface area contributed by atoms with Crippen LogP contribution in [0, 0.1) is 11.7 Å². The van der Waals surface area contributed by atoms with Crippen molar-refractivity contribution >= 4 is 11.8 Å². The highest BCUT2D eigenvalue weighted by Gasteiger charge is 2.31. The van der Waals surface area contributed by atoms with E-state index in [4.69, 9.17) is 0 Å². The van der Waals surface area contributed by atoms with Crippen molar-refractivity contribution in [3.8, 4) is 11.5 Å². The summed E-state index contributed by atoms with van der Waals surface area (Å²) < 4.78 is 16.9. The molecule has 3 aromatic rings. The molecule has 1 fully saturated rings. The molecule has 0 spiro atoms. The van der Waals surface area contributed by atoms with E-state index in [-0.39, 0.29) is 23.5 Å². The Morgan fingerprint density at radius 2 is 1.91 bits per heavy atom. The van der Waals surface area contributed by atoms with Crippen LogP contribution in [0.4, 0.5) is 4.39 Å². The highest BCUT2D eigenvalue weighted by atomic mass is 19.1. The monoisotopic (exact) mass is 452 g/mol. The quantitative estimate of drug-likeness (QED) is 0.597. The van der Waals surface area contributed by atoms with Gasteiger partial charge >= 0.3 is 0 Å². The maximum Gasteiger partial charge on any atom is 0.259 e. The number of nitrogens with zero attached hydrogens (tertiary/aromatic N) is 5. The second-order valence-electron chi connectivity index (χ2n) is 8.55. The van der Waals surface area contributed by atoms with Crippen LogP contribution >= 0.6 is 0 Å². The van der Waals surface area contributed by atoms with Crippen LogP contribution in [0.25, 0.3) is 11.5 Å². The number of halogens is 1. The van der Waals surface area contributed by atoms with Gasteiger partial charge in [0.1, 0.15) is 11.4 Å². The van der Waals surface area contributed by atoms with Crippen molar-refractivity contribution in [1.29, 1.82) is 0 Å². The van der Waals surface area contributed by atoms with Gasteiger partial charge in [-0.3, -0.25) is 9.59 Å². The summed E-state index contributed by atoms with van der Waals surface area (Å²) in [5, 5.41) is 7.42. The molecule has 1 atom stereocenters. The number of rotatable bonds is 7. The second-order valence-corrected chi connectivity index (χ2v) is 8.55. The van der Waals surface area contributed by atoms with Gasteiger partial charge in [0.05, 0.1) is 17.8 Å². The van der Waals surface area contributed by atoms with Gasteiger partial charge in [-0.2, -0.15) is 5.10 Å². The van der Waals surface area contributed by atoms with Crippen molar-refractivity contribution in [2.75, 3.05) is 40.3 Å². The van der Waals surface area contributed by atoms with Gasteiger partial charge in [-0.1, -0.05) is 0 Å². The standard InChI is InChI=1S/C24H29FN6O2/c1-28(2)15-11-26-22(32)18-6-5-14-30(17-18)24(33)21-16-27-31(20-9-7-19(25)8-10-20)23(21)29-12-3-4-13-29/h3-4,7-10,12-13,16,18H,5-6,11,14-15,17H2,1-2H3,(H,26,32). The molecule has 0 aliphatic carbocycles. The molecule has 0 radical (unpaired) electrons. The van der Waals surface area contributed by atoms with Crippen molar-refractivity contribution in [2.45, 2.75) is 12.8 Å². The molecule has 0 bridgehead atoms. The van der Waals surface area contributed by atoms with Gasteiger partial charge < -0.3 is 19.7 Å². The van der Waals surface area contributed by atoms with Crippen molar-refractivity contribution in [1.82, 2.24) is 29.5 Å². The van der Waals surface area contributed by atoms with Gasteiger partial charge in [-0.25, -0.2) is 9.07 Å². The summed E-state index contributed by atoms with van der Waals surface area (Å²) in [4.78, 5) is 29.9. The largest absolute Gasteiger partial charge is 0.355 e. The van der Waals surface area contributed by atoms with Crippen LogP contribution in [0.5, 0.6) is 0 Å². The Labute approximate surface area is 192 Å². The molecule has 1 saturated heterocycles. The molecule has 1 aliphatic rings. The lowest BCUT2D eigenvalue weighted by molar-refractivity contribution is -0.126. The van der Waals surface area contributed by atoms with Crippen LogP contribution in [0.2, 0.25) is 0 Å². The first kappa shape index (κ1) is 22.7. The van der Waals surface area contributed by atoms with E-state index in [1.807, 2.05) is 48.1 Å². The number of likely N-dealkylation sites (tertiary alicyclic amines) is 1. The Morgan fingerprint density at radius 1 is 1.18 bits per heavy atom. The number of amides is 2. The summed E-state index contributed by atoms with van der Waals surface area (Å²) in [6, 6.07) is 9.71. The third kappa shape index (κ3) is 5.14. The van der Waals surface area contributed by atoms with Crippen molar-refractivity contribution in [2.24, 2.45) is 5.92 Å². The molecule has 1 aliphatic heterocycles. The molecular weight excluding hydrogens is 423 g/mol. The number of benzene rings is 1. The van der Waals surface area contributed by atoms with E-state index < -0.39 is 0 Å². The van der Waals surface area contributed by atoms with Crippen LogP contribution in [-0.2, 0) is 4.79 Å². The first-order chi connectivity index (χ1) is 15.9. The fourth-order valence-corrected chi connectivity index (χ4v) is 4.08. The van der Waals surface area contributed by atoms with Gasteiger partial charge in [-0.05, 0) is 63.3 Å². The normalized spacial score (nSPS) is 16.2. The maximum absolute atomic E-state index is 13.5. The summed E-state index contributed by atoms with van der Waals surface area (Å²) in [6.45, 7) is 2.31. The van der Waals surface area contributed by atoms with E-state index >= 15 is 0 Å². The lowest BCUT2D eigenvalue weighted by Gasteiger charge is -2.32. The lowest BCUT2D eigenvalue weighted by Crippen LogP contribution is -2.46. The number of carbonyl (C=O) groups excluding carboxylic acids is 2. The maximum atomic E-state index is 13.5. The number of aromatic nitrogens is 3. The third-order valence-corrected chi connectivity index (χ3v) is 5.83. The average Bonchev–Trinajstić information content (AvgIpc) is 3.49. The van der Waals surface area contributed by atoms with E-state index in [1.165, 1.54) is 12.1 Å². The fourth-order valence-electron chi connectivity index (χ4n) is 4.08. The minimum Gasteiger partial charge on any atom is -0.355 e. The van der Waals surface area contributed by atoms with Crippen LogP contribution in [0.3, 0.4) is 0 Å². The first-order valence-electron chi connectivity index (χ1n) is 11.1. The highest BCUT2D eigenvalue weighted by molar-refractivity contribution is 5.97. The smallest absolute Gasteiger partial charge is 0.259 e. The number of likely N-dealkylation sites (N-methyl/N-ethyl adjacent to an activating group) is 1. The molecule has 4 rings (SSSR count). The molecular formula is C24H29FN6O2. The molecule has 2 aromatic heterocycles. The summed E-state index contributed by atoms with van der Waals surface area (Å²) in [5.41, 5.74) is 1.08. The Bertz CT molecular complexity index is 1090. The molecule has 1 aromatic carbocycles. The zero-order valence-corrected chi connectivity index (χ0v) is 18.9. The van der Waals surface area contributed by atoms with Crippen LogP contribution < -0.4 is 5.32 Å². The van der Waals surface area contributed by atoms with E-state index in [1.54, 1.807) is 27.9 Å². The Morgan fingerprint density at radius 3 is 2.61 bits per heavy atom. The van der Waals surface area contributed by atoms with E-state index in [9.17, 15) is 14.0 Å². The molecule has 174 valence electrons. The predicted molar refractivity (Wildman–Crippen MR) is 123 cm³/mol. The van der Waals surface area contributed by atoms with E-state index in [0.29, 0.717) is 36.7 Å². The van der Waals surface area contributed by atoms with E-state index in [2.05, 4.69) is 10.4 Å². The van der Waals surface area contributed by atoms with Gasteiger partial charge in [0.25, 0.3) is 5.91 Å². The summed E-state index contributed by atoms with van der Waals surface area (Å²) >= 11 is 0. The van der Waals surface area contributed by atoms with Crippen molar-refractivity contribution in [3.63, 3.8) is 0 Å². The van der Waals surface area contributed by atoms with Gasteiger partial charge in [-0.15, -0.1) is 0 Å². The summed E-state index contributed by atoms with van der Waals surface area (Å²) in [6.07, 6.45) is 6.75. The molecule has 8 nitrogen and oxygen atoms in total. The predicted octanol–water partition coefficient (Wildman–Crippen LogP) is 2.33. The Kier molecular flexibility index (Phi) is 6.88. The first-order valence-corrected chi connectivity index (χ1v) is 11.1. The second kappa shape index (κ2) is 9.99. The van der Waals surface area contributed by atoms with Gasteiger partial charge in [0, 0.05) is 38.6 Å². The Hall–Kier alpha value is -3.46. The summed E-state index contributed by atoms with van der Waals surface area (Å²) in [5.74, 6) is -0.172. The number of nitrogens with one attached hydrogen (secondary N) is 1. The third-order valence-electron chi connectivity index (χ3n) is 5.83. The zero-order valence-electron chi connectivity index (χ0n) is 18.9. The number of piperidine rings is 1. The minimum atomic E-state index is -0.340. The van der Waals surface area contributed by atoms with Crippen molar-refractivity contribution < 1.29 is 14.0 Å². The lowest BCUT2D eigenvalue weighted by atomic mass is 9.96. The average molecular weight is 453 g/mol. The number of hydrogen-bond donors (Lipinski definition) is 1. The molecule has 1 unspecified atom stereocenters. The number of carbonyl (C=O) groups is 2. The van der Waals surface area contributed by atoms with Crippen LogP contribution in [0.1, 0.15) is 23.2 Å². The molecule has 0 saturated carbocycles.